The fourth-order valence-corrected chi connectivity index (χ4v) is 4.67. The molecule has 0 N–H and O–H groups in total. The van der Waals surface area contributed by atoms with Crippen LogP contribution in [0.2, 0.25) is 0 Å². The topological polar surface area (TPSA) is 88.6 Å². The van der Waals surface area contributed by atoms with Gasteiger partial charge < -0.3 is 19.3 Å². The van der Waals surface area contributed by atoms with Gasteiger partial charge in [0, 0.05) is 19.6 Å². The van der Waals surface area contributed by atoms with Crippen molar-refractivity contribution in [2.24, 2.45) is 5.92 Å². The molecule has 3 amide bonds. The Bertz CT molecular complexity index is 878. The maximum Gasteiger partial charge on any atom is 0.410 e. The highest BCUT2D eigenvalue weighted by molar-refractivity contribution is 5.85. The van der Waals surface area contributed by atoms with Crippen molar-refractivity contribution in [3.8, 4) is 0 Å². The molecule has 3 saturated heterocycles. The molecule has 0 saturated carbocycles. The maximum absolute atomic E-state index is 12.9. The van der Waals surface area contributed by atoms with Gasteiger partial charge >= 0.3 is 18.1 Å². The summed E-state index contributed by atoms with van der Waals surface area (Å²) in [4.78, 5) is 47.0. The van der Waals surface area contributed by atoms with Crippen molar-refractivity contribution in [1.29, 1.82) is 0 Å². The number of esters is 1. The number of carbonyl (C=O) groups excluding carboxylic acids is 3. The van der Waals surface area contributed by atoms with Crippen LogP contribution in [0, 0.1) is 5.92 Å². The van der Waals surface area contributed by atoms with E-state index in [1.807, 2.05) is 51.1 Å². The minimum atomic E-state index is -0.573. The van der Waals surface area contributed by atoms with Crippen molar-refractivity contribution in [2.75, 3.05) is 26.2 Å². The highest BCUT2D eigenvalue weighted by Gasteiger charge is 2.48. The minimum Gasteiger partial charge on any atom is -0.464 e. The van der Waals surface area contributed by atoms with Crippen molar-refractivity contribution in [2.45, 2.75) is 70.7 Å². The fraction of sp³-hybridized carbons (Fsp3) is 0.640. The molecule has 2 atom stereocenters. The van der Waals surface area contributed by atoms with Gasteiger partial charge in [0.2, 0.25) is 0 Å². The average Bonchev–Trinajstić information content (AvgIpc) is 3.05. The van der Waals surface area contributed by atoms with Gasteiger partial charge in [0.05, 0.1) is 12.6 Å². The molecule has 9 nitrogen and oxygen atoms in total. The van der Waals surface area contributed by atoms with Gasteiger partial charge in [-0.15, -0.1) is 0 Å². The quantitative estimate of drug-likeness (QED) is 0.587. The Morgan fingerprint density at radius 2 is 1.74 bits per heavy atom. The molecule has 0 radical (unpaired) electrons. The van der Waals surface area contributed by atoms with Crippen LogP contribution in [0.25, 0.3) is 0 Å². The first kappa shape index (κ1) is 24.3. The normalized spacial score (nSPS) is 23.3. The van der Waals surface area contributed by atoms with Gasteiger partial charge in [-0.3, -0.25) is 4.84 Å². The summed E-state index contributed by atoms with van der Waals surface area (Å²) in [5.41, 5.74) is 0.470. The SMILES string of the molecule is CC(C)(C)OC(=O)N1CCC(COC(=O)[C@@H]2CC[C@@H]3CN2C(=O)N3OCc2ccccc2)CC1. The van der Waals surface area contributed by atoms with Crippen LogP contribution in [0.4, 0.5) is 9.59 Å². The first-order valence-corrected chi connectivity index (χ1v) is 12.1. The van der Waals surface area contributed by atoms with E-state index < -0.39 is 11.6 Å². The molecule has 9 heteroatoms. The minimum absolute atomic E-state index is 0.0440. The van der Waals surface area contributed by atoms with E-state index in [9.17, 15) is 14.4 Å². The molecule has 34 heavy (non-hydrogen) atoms. The third-order valence-electron chi connectivity index (χ3n) is 6.54. The zero-order chi connectivity index (χ0) is 24.3. The number of urea groups is 1. The molecule has 1 aromatic rings. The van der Waals surface area contributed by atoms with Gasteiger partial charge in [0.25, 0.3) is 0 Å². The number of benzene rings is 1. The number of ether oxygens (including phenoxy) is 2. The number of rotatable bonds is 6. The third kappa shape index (κ3) is 5.81. The largest absolute Gasteiger partial charge is 0.464 e. The molecular formula is C25H35N3O6. The van der Waals surface area contributed by atoms with E-state index in [1.54, 1.807) is 9.80 Å². The van der Waals surface area contributed by atoms with Crippen LogP contribution >= 0.6 is 0 Å². The number of hydrogen-bond acceptors (Lipinski definition) is 6. The van der Waals surface area contributed by atoms with Crippen molar-refractivity contribution in [3.05, 3.63) is 35.9 Å². The number of piperidine rings is 2. The Morgan fingerprint density at radius 3 is 2.41 bits per heavy atom. The van der Waals surface area contributed by atoms with E-state index in [0.29, 0.717) is 45.7 Å². The van der Waals surface area contributed by atoms with Crippen molar-refractivity contribution in [3.63, 3.8) is 0 Å². The summed E-state index contributed by atoms with van der Waals surface area (Å²) in [5.74, 6) is -0.162. The molecule has 3 fully saturated rings. The van der Waals surface area contributed by atoms with E-state index in [0.717, 1.165) is 18.4 Å². The Hall–Kier alpha value is -2.81. The molecule has 2 bridgehead atoms. The predicted octanol–water partition coefficient (Wildman–Crippen LogP) is 3.58. The van der Waals surface area contributed by atoms with Crippen LogP contribution in [0.3, 0.4) is 0 Å². The summed E-state index contributed by atoms with van der Waals surface area (Å²) in [7, 11) is 0. The van der Waals surface area contributed by atoms with Gasteiger partial charge in [0.15, 0.2) is 0 Å². The Kier molecular flexibility index (Phi) is 7.30. The first-order valence-electron chi connectivity index (χ1n) is 12.1. The molecule has 0 spiro atoms. The van der Waals surface area contributed by atoms with Crippen LogP contribution < -0.4 is 0 Å². The van der Waals surface area contributed by atoms with E-state index in [2.05, 4.69) is 0 Å². The van der Waals surface area contributed by atoms with Gasteiger partial charge in [-0.05, 0) is 57.9 Å². The van der Waals surface area contributed by atoms with Gasteiger partial charge in [-0.1, -0.05) is 30.3 Å². The second-order valence-electron chi connectivity index (χ2n) is 10.3. The van der Waals surface area contributed by atoms with Crippen LogP contribution in [-0.2, 0) is 25.7 Å². The Balaban J connectivity index is 1.22. The lowest BCUT2D eigenvalue weighted by Gasteiger charge is -2.34. The molecule has 186 valence electrons. The summed E-state index contributed by atoms with van der Waals surface area (Å²) in [5, 5.41) is 1.42. The van der Waals surface area contributed by atoms with E-state index in [1.165, 1.54) is 5.06 Å². The van der Waals surface area contributed by atoms with E-state index in [4.69, 9.17) is 14.3 Å². The van der Waals surface area contributed by atoms with Gasteiger partial charge in [-0.2, -0.15) is 5.06 Å². The molecule has 4 rings (SSSR count). The number of carbonyl (C=O) groups is 3. The second kappa shape index (κ2) is 10.2. The molecule has 0 aliphatic carbocycles. The summed E-state index contributed by atoms with van der Waals surface area (Å²) >= 11 is 0. The van der Waals surface area contributed by atoms with Gasteiger partial charge in [0.1, 0.15) is 18.2 Å². The van der Waals surface area contributed by atoms with Crippen LogP contribution in [0.15, 0.2) is 30.3 Å². The molecule has 1 aromatic carbocycles. The molecule has 0 unspecified atom stereocenters. The number of nitrogens with zero attached hydrogens (tertiary/aromatic N) is 3. The molecule has 3 heterocycles. The smallest absolute Gasteiger partial charge is 0.410 e. The Labute approximate surface area is 200 Å². The maximum atomic E-state index is 12.9. The van der Waals surface area contributed by atoms with E-state index >= 15 is 0 Å². The van der Waals surface area contributed by atoms with Crippen molar-refractivity contribution >= 4 is 18.1 Å². The van der Waals surface area contributed by atoms with Crippen LogP contribution in [0.1, 0.15) is 52.0 Å². The van der Waals surface area contributed by atoms with Crippen molar-refractivity contribution < 1.29 is 28.7 Å². The lowest BCUT2D eigenvalue weighted by molar-refractivity contribution is -0.151. The van der Waals surface area contributed by atoms with E-state index in [-0.39, 0.29) is 30.1 Å². The first-order chi connectivity index (χ1) is 16.2. The lowest BCUT2D eigenvalue weighted by Crippen LogP contribution is -2.46. The molecule has 0 aromatic heterocycles. The highest BCUT2D eigenvalue weighted by atomic mass is 16.7. The summed E-state index contributed by atoms with van der Waals surface area (Å²) in [6.45, 7) is 7.81. The second-order valence-corrected chi connectivity index (χ2v) is 10.3. The number of hydroxylamine groups is 2. The Morgan fingerprint density at radius 1 is 1.03 bits per heavy atom. The fourth-order valence-electron chi connectivity index (χ4n) is 4.67. The van der Waals surface area contributed by atoms with Gasteiger partial charge in [-0.25, -0.2) is 14.4 Å². The number of fused-ring (bicyclic) bond motifs is 2. The molecule has 3 aliphatic rings. The highest BCUT2D eigenvalue weighted by Crippen LogP contribution is 2.31. The summed E-state index contributed by atoms with van der Waals surface area (Å²) in [6, 6.07) is 8.80. The zero-order valence-corrected chi connectivity index (χ0v) is 20.3. The number of amides is 3. The average molecular weight is 474 g/mol. The standard InChI is InChI=1S/C25H35N3O6/c1-25(2,3)34-24(31)26-13-11-19(12-14-26)16-32-22(29)21-10-9-20-15-27(21)23(30)28(20)33-17-18-7-5-4-6-8-18/h4-8,19-21H,9-17H2,1-3H3/t20-,21+/m1/s1. The molecular weight excluding hydrogens is 438 g/mol. The van der Waals surface area contributed by atoms with Crippen LogP contribution in [-0.4, -0.2) is 76.9 Å². The number of hydrogen-bond donors (Lipinski definition) is 0. The third-order valence-corrected chi connectivity index (χ3v) is 6.54. The summed E-state index contributed by atoms with van der Waals surface area (Å²) in [6.07, 6.45) is 2.47. The van der Waals surface area contributed by atoms with Crippen molar-refractivity contribution in [1.82, 2.24) is 14.9 Å². The predicted molar refractivity (Wildman–Crippen MR) is 123 cm³/mol. The van der Waals surface area contributed by atoms with Crippen LogP contribution in [0.5, 0.6) is 0 Å². The monoisotopic (exact) mass is 473 g/mol. The summed E-state index contributed by atoms with van der Waals surface area (Å²) < 4.78 is 11.1. The molecule has 3 aliphatic heterocycles. The zero-order valence-electron chi connectivity index (χ0n) is 20.3. The number of likely N-dealkylation sites (tertiary alicyclic amines) is 1. The lowest BCUT2D eigenvalue weighted by atomic mass is 9.98.